The van der Waals surface area contributed by atoms with Gasteiger partial charge in [-0.2, -0.15) is 0 Å². The summed E-state index contributed by atoms with van der Waals surface area (Å²) in [5.74, 6) is -1.98. The molecular formula is C26H23ClN2O5. The van der Waals surface area contributed by atoms with Gasteiger partial charge < -0.3 is 9.64 Å². The van der Waals surface area contributed by atoms with Crippen molar-refractivity contribution in [3.63, 3.8) is 0 Å². The van der Waals surface area contributed by atoms with E-state index in [-0.39, 0.29) is 48.3 Å². The molecule has 0 unspecified atom stereocenters. The molecule has 3 amide bonds. The largest absolute Gasteiger partial charge is 0.426 e. The van der Waals surface area contributed by atoms with Crippen molar-refractivity contribution in [2.24, 2.45) is 17.8 Å². The van der Waals surface area contributed by atoms with Crippen LogP contribution in [-0.2, 0) is 19.2 Å². The molecule has 7 nitrogen and oxygen atoms in total. The molecule has 2 saturated heterocycles. The standard InChI is InChI=1S/C26H23ClN2O5/c1-15-5-10-21-22(11-15)25(32)29(24(21)31)18-6-8-20(9-7-18)34-26(33)16-12-23(30)28(14-16)19-4-2-3-17(27)13-19/h2-9,13,16,21-22H,10-12,14H2,1H3/t16-,21-,22-/m0/s1. The highest BCUT2D eigenvalue weighted by Crippen LogP contribution is 2.40. The fraction of sp³-hybridized carbons (Fsp3) is 0.308. The number of ether oxygens (including phenoxy) is 1. The number of fused-ring (bicyclic) bond motifs is 1. The summed E-state index contributed by atoms with van der Waals surface area (Å²) < 4.78 is 5.49. The van der Waals surface area contributed by atoms with Crippen molar-refractivity contribution in [2.45, 2.75) is 26.2 Å². The van der Waals surface area contributed by atoms with Gasteiger partial charge in [-0.05, 0) is 62.2 Å². The number of halogens is 1. The second-order valence-corrected chi connectivity index (χ2v) is 9.45. The lowest BCUT2D eigenvalue weighted by Gasteiger charge is -2.18. The van der Waals surface area contributed by atoms with Gasteiger partial charge in [0.1, 0.15) is 5.75 Å². The van der Waals surface area contributed by atoms with E-state index in [1.165, 1.54) is 9.80 Å². The summed E-state index contributed by atoms with van der Waals surface area (Å²) >= 11 is 6.02. The molecule has 3 aliphatic rings. The molecule has 34 heavy (non-hydrogen) atoms. The van der Waals surface area contributed by atoms with Crippen LogP contribution >= 0.6 is 11.6 Å². The molecule has 0 bridgehead atoms. The number of benzene rings is 2. The fourth-order valence-electron chi connectivity index (χ4n) is 4.91. The van der Waals surface area contributed by atoms with Gasteiger partial charge in [-0.1, -0.05) is 29.3 Å². The molecule has 0 saturated carbocycles. The molecule has 0 aromatic heterocycles. The smallest absolute Gasteiger partial charge is 0.316 e. The Bertz CT molecular complexity index is 1220. The minimum atomic E-state index is -0.605. The Hall–Kier alpha value is -3.45. The quantitative estimate of drug-likeness (QED) is 0.285. The van der Waals surface area contributed by atoms with E-state index in [2.05, 4.69) is 0 Å². The Balaban J connectivity index is 1.24. The Morgan fingerprint density at radius 3 is 2.44 bits per heavy atom. The molecule has 2 fully saturated rings. The molecule has 2 aliphatic heterocycles. The normalized spacial score (nSPS) is 24.4. The molecule has 5 rings (SSSR count). The van der Waals surface area contributed by atoms with E-state index in [1.807, 2.05) is 13.0 Å². The molecule has 0 radical (unpaired) electrons. The van der Waals surface area contributed by atoms with Gasteiger partial charge in [-0.15, -0.1) is 0 Å². The number of esters is 1. The Morgan fingerprint density at radius 1 is 0.971 bits per heavy atom. The zero-order valence-electron chi connectivity index (χ0n) is 18.6. The minimum Gasteiger partial charge on any atom is -0.426 e. The Morgan fingerprint density at radius 2 is 1.71 bits per heavy atom. The minimum absolute atomic E-state index is 0.0520. The number of carbonyl (C=O) groups is 4. The molecule has 1 aliphatic carbocycles. The maximum Gasteiger partial charge on any atom is 0.316 e. The lowest BCUT2D eigenvalue weighted by molar-refractivity contribution is -0.139. The van der Waals surface area contributed by atoms with Crippen LogP contribution in [0.3, 0.4) is 0 Å². The first-order valence-electron chi connectivity index (χ1n) is 11.2. The third kappa shape index (κ3) is 4.01. The van der Waals surface area contributed by atoms with Gasteiger partial charge in [0.2, 0.25) is 17.7 Å². The number of imide groups is 1. The number of hydrogen-bond donors (Lipinski definition) is 0. The van der Waals surface area contributed by atoms with E-state index in [1.54, 1.807) is 48.5 Å². The maximum absolute atomic E-state index is 12.9. The van der Waals surface area contributed by atoms with E-state index in [0.717, 1.165) is 5.57 Å². The van der Waals surface area contributed by atoms with Crippen molar-refractivity contribution < 1.29 is 23.9 Å². The van der Waals surface area contributed by atoms with E-state index in [4.69, 9.17) is 16.3 Å². The average molecular weight is 479 g/mol. The third-order valence-corrected chi connectivity index (χ3v) is 6.95. The second kappa shape index (κ2) is 8.72. The van der Waals surface area contributed by atoms with Crippen molar-refractivity contribution in [2.75, 3.05) is 16.3 Å². The number of hydrogen-bond acceptors (Lipinski definition) is 5. The van der Waals surface area contributed by atoms with Crippen LogP contribution in [0, 0.1) is 17.8 Å². The van der Waals surface area contributed by atoms with Crippen LogP contribution in [-0.4, -0.2) is 30.2 Å². The summed E-state index contributed by atoms with van der Waals surface area (Å²) in [5.41, 5.74) is 2.24. The van der Waals surface area contributed by atoms with E-state index >= 15 is 0 Å². The summed E-state index contributed by atoms with van der Waals surface area (Å²) in [6.07, 6.45) is 3.27. The summed E-state index contributed by atoms with van der Waals surface area (Å²) in [5, 5.41) is 0.511. The van der Waals surface area contributed by atoms with Crippen molar-refractivity contribution in [3.05, 3.63) is 65.2 Å². The van der Waals surface area contributed by atoms with Crippen molar-refractivity contribution in [1.29, 1.82) is 0 Å². The zero-order chi connectivity index (χ0) is 24.0. The second-order valence-electron chi connectivity index (χ2n) is 9.02. The van der Waals surface area contributed by atoms with Gasteiger partial charge in [-0.25, -0.2) is 0 Å². The van der Waals surface area contributed by atoms with Crippen LogP contribution in [0.2, 0.25) is 5.02 Å². The molecule has 174 valence electrons. The van der Waals surface area contributed by atoms with Gasteiger partial charge in [0.05, 0.1) is 23.4 Å². The molecular weight excluding hydrogens is 456 g/mol. The van der Waals surface area contributed by atoms with Gasteiger partial charge in [0.25, 0.3) is 0 Å². The van der Waals surface area contributed by atoms with Gasteiger partial charge >= 0.3 is 5.97 Å². The van der Waals surface area contributed by atoms with Crippen LogP contribution < -0.4 is 14.5 Å². The molecule has 2 aromatic rings. The Kier molecular flexibility index (Phi) is 5.73. The molecule has 8 heteroatoms. The highest BCUT2D eigenvalue weighted by atomic mass is 35.5. The molecule has 2 aromatic carbocycles. The molecule has 0 N–H and O–H groups in total. The molecule has 2 heterocycles. The van der Waals surface area contributed by atoms with E-state index in [9.17, 15) is 19.2 Å². The van der Waals surface area contributed by atoms with Crippen LogP contribution in [0.4, 0.5) is 11.4 Å². The number of allylic oxidation sites excluding steroid dienone is 2. The van der Waals surface area contributed by atoms with Crippen molar-refractivity contribution in [1.82, 2.24) is 0 Å². The first-order valence-corrected chi connectivity index (χ1v) is 11.6. The number of anilines is 2. The van der Waals surface area contributed by atoms with Crippen LogP contribution in [0.25, 0.3) is 0 Å². The predicted octanol–water partition coefficient (Wildman–Crippen LogP) is 4.14. The molecule has 3 atom stereocenters. The first kappa shape index (κ1) is 22.3. The summed E-state index contributed by atoms with van der Waals surface area (Å²) in [7, 11) is 0. The predicted molar refractivity (Wildman–Crippen MR) is 126 cm³/mol. The van der Waals surface area contributed by atoms with Crippen LogP contribution in [0.5, 0.6) is 5.75 Å². The SMILES string of the molecule is CC1=CC[C@@H]2C(=O)N(c3ccc(OC(=O)[C@H]4CC(=O)N(c5cccc(Cl)c5)C4)cc3)C(=O)[C@H]2C1. The fourth-order valence-corrected chi connectivity index (χ4v) is 5.10. The van der Waals surface area contributed by atoms with Crippen LogP contribution in [0.1, 0.15) is 26.2 Å². The summed E-state index contributed by atoms with van der Waals surface area (Å²) in [6.45, 7) is 2.19. The monoisotopic (exact) mass is 478 g/mol. The summed E-state index contributed by atoms with van der Waals surface area (Å²) in [4.78, 5) is 53.6. The van der Waals surface area contributed by atoms with Gasteiger partial charge in [0.15, 0.2) is 0 Å². The average Bonchev–Trinajstić information content (AvgIpc) is 3.32. The number of nitrogens with zero attached hydrogens (tertiary/aromatic N) is 2. The highest BCUT2D eigenvalue weighted by Gasteiger charge is 2.48. The summed E-state index contributed by atoms with van der Waals surface area (Å²) in [6, 6.07) is 13.2. The van der Waals surface area contributed by atoms with Crippen molar-refractivity contribution in [3.8, 4) is 5.75 Å². The number of carbonyl (C=O) groups excluding carboxylic acids is 4. The highest BCUT2D eigenvalue weighted by molar-refractivity contribution is 6.31. The van der Waals surface area contributed by atoms with E-state index in [0.29, 0.717) is 29.2 Å². The van der Waals surface area contributed by atoms with Gasteiger partial charge in [0, 0.05) is 23.7 Å². The number of rotatable bonds is 4. The zero-order valence-corrected chi connectivity index (χ0v) is 19.3. The number of amides is 3. The van der Waals surface area contributed by atoms with E-state index < -0.39 is 11.9 Å². The molecule has 0 spiro atoms. The maximum atomic E-state index is 12.9. The Labute approximate surface area is 201 Å². The van der Waals surface area contributed by atoms with Crippen molar-refractivity contribution >= 4 is 46.7 Å². The van der Waals surface area contributed by atoms with Gasteiger partial charge in [-0.3, -0.25) is 24.1 Å². The topological polar surface area (TPSA) is 84.0 Å². The van der Waals surface area contributed by atoms with Crippen LogP contribution in [0.15, 0.2) is 60.2 Å². The first-order chi connectivity index (χ1) is 16.3. The lowest BCUT2D eigenvalue weighted by atomic mass is 9.82. The third-order valence-electron chi connectivity index (χ3n) is 6.71. The lowest BCUT2D eigenvalue weighted by Crippen LogP contribution is -2.30.